The number of carbonyl (C=O) groups is 1. The van der Waals surface area contributed by atoms with Crippen molar-refractivity contribution in [2.24, 2.45) is 0 Å². The fraction of sp³-hybridized carbons (Fsp3) is 0.200. The molecule has 0 saturated heterocycles. The van der Waals surface area contributed by atoms with Crippen molar-refractivity contribution in [3.05, 3.63) is 30.1 Å². The van der Waals surface area contributed by atoms with Crippen molar-refractivity contribution in [2.75, 3.05) is 11.9 Å². The number of fused-ring (bicyclic) bond motifs is 1. The number of imidazole rings is 1. The van der Waals surface area contributed by atoms with Gasteiger partial charge in [0.25, 0.3) is 6.43 Å². The van der Waals surface area contributed by atoms with E-state index in [2.05, 4.69) is 10.3 Å². The number of hydrogen-bond acceptors (Lipinski definition) is 3. The summed E-state index contributed by atoms with van der Waals surface area (Å²) < 4.78 is 25.5. The number of aromatic nitrogens is 2. The maximum Gasteiger partial charge on any atom is 0.356 e. The molecule has 0 saturated carbocycles. The van der Waals surface area contributed by atoms with Gasteiger partial charge in [-0.3, -0.25) is 4.40 Å². The summed E-state index contributed by atoms with van der Waals surface area (Å²) in [5, 5.41) is 11.4. The third-order valence-corrected chi connectivity index (χ3v) is 2.16. The van der Waals surface area contributed by atoms with E-state index in [0.717, 1.165) is 0 Å². The molecule has 0 amide bonds. The topological polar surface area (TPSA) is 66.6 Å². The Balaban J connectivity index is 2.46. The second-order valence-corrected chi connectivity index (χ2v) is 3.31. The first-order chi connectivity index (χ1) is 8.09. The number of hydrogen-bond donors (Lipinski definition) is 2. The van der Waals surface area contributed by atoms with Crippen LogP contribution in [0, 0.1) is 0 Å². The average Bonchev–Trinajstić information content (AvgIpc) is 2.64. The van der Waals surface area contributed by atoms with E-state index in [1.165, 1.54) is 10.6 Å². The number of nitrogens with zero attached hydrogens (tertiary/aromatic N) is 2. The highest BCUT2D eigenvalue weighted by Gasteiger charge is 2.18. The SMILES string of the molecule is O=C(O)c1c(NCC(F)F)nc2ccccn12. The Hall–Kier alpha value is -2.18. The van der Waals surface area contributed by atoms with E-state index in [9.17, 15) is 13.6 Å². The maximum atomic E-state index is 12.1. The first kappa shape index (κ1) is 11.3. The summed E-state index contributed by atoms with van der Waals surface area (Å²) in [5.41, 5.74) is 0.239. The van der Waals surface area contributed by atoms with Gasteiger partial charge < -0.3 is 10.4 Å². The highest BCUT2D eigenvalue weighted by molar-refractivity contribution is 5.92. The number of aromatic carboxylic acids is 1. The summed E-state index contributed by atoms with van der Waals surface area (Å²) in [6.07, 6.45) is -1.05. The van der Waals surface area contributed by atoms with Crippen molar-refractivity contribution in [2.45, 2.75) is 6.43 Å². The van der Waals surface area contributed by atoms with E-state index >= 15 is 0 Å². The molecule has 0 fully saturated rings. The molecule has 7 heteroatoms. The van der Waals surface area contributed by atoms with Crippen LogP contribution in [0.25, 0.3) is 5.65 Å². The Morgan fingerprint density at radius 3 is 2.94 bits per heavy atom. The zero-order chi connectivity index (χ0) is 12.4. The molecule has 0 aliphatic rings. The van der Waals surface area contributed by atoms with Crippen LogP contribution >= 0.6 is 0 Å². The number of halogens is 2. The molecule has 0 spiro atoms. The number of carboxylic acids is 1. The molecule has 0 atom stereocenters. The van der Waals surface area contributed by atoms with Crippen LogP contribution in [-0.4, -0.2) is 33.4 Å². The van der Waals surface area contributed by atoms with Gasteiger partial charge in [0.1, 0.15) is 5.65 Å². The minimum atomic E-state index is -2.57. The second kappa shape index (κ2) is 4.36. The van der Waals surface area contributed by atoms with Crippen LogP contribution < -0.4 is 5.32 Å². The lowest BCUT2D eigenvalue weighted by Gasteiger charge is -2.02. The summed E-state index contributed by atoms with van der Waals surface area (Å²) in [6, 6.07) is 4.92. The summed E-state index contributed by atoms with van der Waals surface area (Å²) in [4.78, 5) is 15.0. The monoisotopic (exact) mass is 241 g/mol. The Kier molecular flexibility index (Phi) is 2.90. The minimum Gasteiger partial charge on any atom is -0.476 e. The molecule has 5 nitrogen and oxygen atoms in total. The number of anilines is 1. The van der Waals surface area contributed by atoms with Crippen LogP contribution in [-0.2, 0) is 0 Å². The standard InChI is InChI=1S/C10H9F2N3O2/c11-6(12)5-13-9-8(10(16)17)15-4-2-1-3-7(15)14-9/h1-4,6,13H,5H2,(H,16,17). The molecule has 17 heavy (non-hydrogen) atoms. The fourth-order valence-corrected chi connectivity index (χ4v) is 1.50. The van der Waals surface area contributed by atoms with E-state index in [1.807, 2.05) is 0 Å². The maximum absolute atomic E-state index is 12.1. The molecular weight excluding hydrogens is 232 g/mol. The van der Waals surface area contributed by atoms with Gasteiger partial charge in [-0.05, 0) is 12.1 Å². The average molecular weight is 241 g/mol. The summed E-state index contributed by atoms with van der Waals surface area (Å²) in [5.74, 6) is -1.27. The van der Waals surface area contributed by atoms with Crippen LogP contribution in [0.2, 0.25) is 0 Å². The third-order valence-electron chi connectivity index (χ3n) is 2.16. The Morgan fingerprint density at radius 2 is 2.29 bits per heavy atom. The molecule has 0 unspecified atom stereocenters. The van der Waals surface area contributed by atoms with Crippen LogP contribution in [0.1, 0.15) is 10.5 Å². The van der Waals surface area contributed by atoms with Crippen LogP contribution in [0.4, 0.5) is 14.6 Å². The van der Waals surface area contributed by atoms with Crippen molar-refractivity contribution in [3.8, 4) is 0 Å². The van der Waals surface area contributed by atoms with Gasteiger partial charge in [-0.2, -0.15) is 0 Å². The van der Waals surface area contributed by atoms with Crippen molar-refractivity contribution < 1.29 is 18.7 Å². The summed E-state index contributed by atoms with van der Waals surface area (Å²) >= 11 is 0. The molecule has 2 heterocycles. The van der Waals surface area contributed by atoms with E-state index in [1.54, 1.807) is 18.2 Å². The van der Waals surface area contributed by atoms with Gasteiger partial charge in [0.2, 0.25) is 0 Å². The fourth-order valence-electron chi connectivity index (χ4n) is 1.50. The van der Waals surface area contributed by atoms with E-state index in [4.69, 9.17) is 5.11 Å². The van der Waals surface area contributed by atoms with Crippen molar-refractivity contribution >= 4 is 17.4 Å². The Morgan fingerprint density at radius 1 is 1.53 bits per heavy atom. The van der Waals surface area contributed by atoms with Crippen molar-refractivity contribution in [1.29, 1.82) is 0 Å². The molecule has 0 aromatic carbocycles. The second-order valence-electron chi connectivity index (χ2n) is 3.31. The normalized spacial score (nSPS) is 11.0. The van der Waals surface area contributed by atoms with E-state index < -0.39 is 18.9 Å². The zero-order valence-electron chi connectivity index (χ0n) is 8.60. The highest BCUT2D eigenvalue weighted by atomic mass is 19.3. The summed E-state index contributed by atoms with van der Waals surface area (Å²) in [7, 11) is 0. The van der Waals surface area contributed by atoms with Gasteiger partial charge in [-0.1, -0.05) is 6.07 Å². The molecule has 90 valence electrons. The van der Waals surface area contributed by atoms with Crippen molar-refractivity contribution in [1.82, 2.24) is 9.38 Å². The van der Waals surface area contributed by atoms with E-state index in [0.29, 0.717) is 5.65 Å². The van der Waals surface area contributed by atoms with Gasteiger partial charge in [0.15, 0.2) is 11.5 Å². The van der Waals surface area contributed by atoms with Crippen LogP contribution in [0.5, 0.6) is 0 Å². The number of nitrogens with one attached hydrogen (secondary N) is 1. The smallest absolute Gasteiger partial charge is 0.356 e. The summed E-state index contributed by atoms with van der Waals surface area (Å²) in [6.45, 7) is -0.635. The third kappa shape index (κ3) is 2.17. The van der Waals surface area contributed by atoms with Crippen molar-refractivity contribution in [3.63, 3.8) is 0 Å². The van der Waals surface area contributed by atoms with Gasteiger partial charge in [0, 0.05) is 6.20 Å². The molecule has 0 radical (unpaired) electrons. The lowest BCUT2D eigenvalue weighted by molar-refractivity contribution is 0.0690. The zero-order valence-corrected chi connectivity index (χ0v) is 8.60. The minimum absolute atomic E-state index is 0.0519. The molecule has 0 aliphatic carbocycles. The molecule has 0 bridgehead atoms. The van der Waals surface area contributed by atoms with Gasteiger partial charge in [-0.15, -0.1) is 0 Å². The van der Waals surface area contributed by atoms with Gasteiger partial charge in [0.05, 0.1) is 6.54 Å². The Labute approximate surface area is 94.7 Å². The quantitative estimate of drug-likeness (QED) is 0.855. The molecular formula is C10H9F2N3O2. The Bertz CT molecular complexity index is 553. The largest absolute Gasteiger partial charge is 0.476 e. The van der Waals surface area contributed by atoms with E-state index in [-0.39, 0.29) is 11.5 Å². The number of rotatable bonds is 4. The van der Waals surface area contributed by atoms with Crippen LogP contribution in [0.3, 0.4) is 0 Å². The predicted octanol–water partition coefficient (Wildman–Crippen LogP) is 1.71. The molecule has 2 N–H and O–H groups in total. The number of carboxylic acid groups (broad SMARTS) is 1. The molecule has 2 aromatic heterocycles. The predicted molar refractivity (Wildman–Crippen MR) is 56.6 cm³/mol. The lowest BCUT2D eigenvalue weighted by atomic mass is 10.4. The lowest BCUT2D eigenvalue weighted by Crippen LogP contribution is -2.13. The first-order valence-electron chi connectivity index (χ1n) is 4.82. The molecule has 2 aromatic rings. The molecule has 0 aliphatic heterocycles. The van der Waals surface area contributed by atoms with Gasteiger partial charge in [-0.25, -0.2) is 18.6 Å². The number of pyridine rings is 1. The van der Waals surface area contributed by atoms with Crippen LogP contribution in [0.15, 0.2) is 24.4 Å². The van der Waals surface area contributed by atoms with Gasteiger partial charge >= 0.3 is 5.97 Å². The first-order valence-corrected chi connectivity index (χ1v) is 4.82. The number of alkyl halides is 2. The highest BCUT2D eigenvalue weighted by Crippen LogP contribution is 2.17. The molecule has 2 rings (SSSR count).